The Morgan fingerprint density at radius 3 is 2.24 bits per heavy atom. The van der Waals surface area contributed by atoms with E-state index < -0.39 is 43.4 Å². The predicted octanol–water partition coefficient (Wildman–Crippen LogP) is 6.76. The lowest BCUT2D eigenvalue weighted by molar-refractivity contribution is -0.387. The average Bonchev–Trinajstić information content (AvgIpc) is 2.74. The molecule has 3 rings (SSSR count). The van der Waals surface area contributed by atoms with Crippen molar-refractivity contribution in [1.82, 2.24) is 0 Å². The van der Waals surface area contributed by atoms with Gasteiger partial charge in [0.1, 0.15) is 11.3 Å². The molecule has 0 fully saturated rings. The van der Waals surface area contributed by atoms with Gasteiger partial charge in [0, 0.05) is 29.2 Å². The van der Waals surface area contributed by atoms with Crippen molar-refractivity contribution in [3.63, 3.8) is 0 Å². The highest BCUT2D eigenvalue weighted by Crippen LogP contribution is 2.69. The molecule has 1 aromatic heterocycles. The zero-order chi connectivity index (χ0) is 24.5. The van der Waals surface area contributed by atoms with Gasteiger partial charge >= 0.3 is 11.5 Å². The predicted molar refractivity (Wildman–Crippen MR) is 132 cm³/mol. The highest BCUT2D eigenvalue weighted by molar-refractivity contribution is 8.89. The van der Waals surface area contributed by atoms with Crippen molar-refractivity contribution in [3.8, 4) is 5.75 Å². The Bertz CT molecular complexity index is 1390. The van der Waals surface area contributed by atoms with Crippen LogP contribution in [0.1, 0.15) is 31.4 Å². The van der Waals surface area contributed by atoms with Gasteiger partial charge in [0.15, 0.2) is 5.39 Å². The minimum Gasteiger partial charge on any atom is -0.448 e. The van der Waals surface area contributed by atoms with Crippen LogP contribution in [0.15, 0.2) is 27.4 Å². The maximum absolute atomic E-state index is 13.3. The summed E-state index contributed by atoms with van der Waals surface area (Å²) in [6.45, 7) is 7.01. The van der Waals surface area contributed by atoms with E-state index in [-0.39, 0.29) is 16.7 Å². The van der Waals surface area contributed by atoms with Gasteiger partial charge in [-0.2, -0.15) is 0 Å². The van der Waals surface area contributed by atoms with E-state index in [1.54, 1.807) is 19.9 Å². The highest BCUT2D eigenvalue weighted by Gasteiger charge is 2.30. The Balaban J connectivity index is 2.36. The second-order valence-electron chi connectivity index (χ2n) is 7.06. The maximum atomic E-state index is 13.3. The van der Waals surface area contributed by atoms with Gasteiger partial charge in [-0.05, 0) is 54.7 Å². The molecule has 0 spiro atoms. The van der Waals surface area contributed by atoms with Gasteiger partial charge in [0.25, 0.3) is 5.69 Å². The lowest BCUT2D eigenvalue weighted by Crippen LogP contribution is -2.09. The Morgan fingerprint density at radius 1 is 1.03 bits per heavy atom. The molecule has 10 nitrogen and oxygen atoms in total. The lowest BCUT2D eigenvalue weighted by atomic mass is 10.0. The Morgan fingerprint density at radius 2 is 1.67 bits per heavy atom. The van der Waals surface area contributed by atoms with Crippen LogP contribution in [0.2, 0.25) is 0 Å². The molecule has 1 atom stereocenters. The topological polar surface area (TPSA) is 143 Å². The molecule has 33 heavy (non-hydrogen) atoms. The summed E-state index contributed by atoms with van der Waals surface area (Å²) in [6.07, 6.45) is 0.807. The smallest absolute Gasteiger partial charge is 0.359 e. The van der Waals surface area contributed by atoms with E-state index in [2.05, 4.69) is 0 Å². The molecule has 1 heterocycles. The third-order valence-corrected chi connectivity index (χ3v) is 12.3. The number of hydrogen-bond acceptors (Lipinski definition) is 10. The van der Waals surface area contributed by atoms with E-state index >= 15 is 0 Å². The minimum absolute atomic E-state index is 0.000335. The summed E-state index contributed by atoms with van der Waals surface area (Å²) in [4.78, 5) is 34.8. The first-order chi connectivity index (χ1) is 15.5. The standard InChI is InChI=1S/C20H21N2O8PS2/c1-5-9-33-31(28,32-6-2)30-15-10-11(3)16-18(23)17-13(21(24)25)7-8-14(22(26)27)20(17)29-19(16)12(15)4/h7-8,10H,5-6,9H2,1-4H3. The summed E-state index contributed by atoms with van der Waals surface area (Å²) in [5.74, 6) is -1.75. The number of non-ortho nitro benzene ring substituents is 2. The molecule has 0 amide bonds. The molecule has 0 aliphatic rings. The molecular formula is C20H21N2O8PS2. The molecule has 0 saturated heterocycles. The van der Waals surface area contributed by atoms with Crippen LogP contribution in [-0.2, 0) is 4.57 Å². The third-order valence-electron chi connectivity index (χ3n) is 4.80. The molecule has 1 unspecified atom stereocenters. The maximum Gasteiger partial charge on any atom is 0.359 e. The molecule has 13 heteroatoms. The van der Waals surface area contributed by atoms with Gasteiger partial charge in [0.05, 0.1) is 15.2 Å². The van der Waals surface area contributed by atoms with Crippen molar-refractivity contribution in [1.29, 1.82) is 0 Å². The summed E-state index contributed by atoms with van der Waals surface area (Å²) in [6, 6.07) is 3.40. The third kappa shape index (κ3) is 4.73. The average molecular weight is 513 g/mol. The van der Waals surface area contributed by atoms with Crippen molar-refractivity contribution >= 4 is 61.8 Å². The fraction of sp³-hybridized carbons (Fsp3) is 0.350. The zero-order valence-corrected chi connectivity index (χ0v) is 20.8. The quantitative estimate of drug-likeness (QED) is 0.130. The highest BCUT2D eigenvalue weighted by atomic mass is 33.1. The molecule has 0 aliphatic carbocycles. The largest absolute Gasteiger partial charge is 0.448 e. The number of benzene rings is 2. The number of aryl methyl sites for hydroxylation is 2. The Hall–Kier alpha value is -2.56. The number of nitrogens with zero attached hydrogens (tertiary/aromatic N) is 2. The molecule has 0 aliphatic heterocycles. The number of nitro groups is 2. The van der Waals surface area contributed by atoms with Gasteiger partial charge in [-0.1, -0.05) is 13.8 Å². The first-order valence-electron chi connectivity index (χ1n) is 9.95. The molecular weight excluding hydrogens is 491 g/mol. The summed E-state index contributed by atoms with van der Waals surface area (Å²) >= 11 is 2.41. The van der Waals surface area contributed by atoms with Crippen LogP contribution in [0.3, 0.4) is 0 Å². The Labute approximate surface area is 196 Å². The Kier molecular flexibility index (Phi) is 7.40. The van der Waals surface area contributed by atoms with E-state index in [1.165, 1.54) is 22.8 Å². The number of fused-ring (bicyclic) bond motifs is 2. The van der Waals surface area contributed by atoms with E-state index in [0.29, 0.717) is 22.6 Å². The van der Waals surface area contributed by atoms with Crippen LogP contribution >= 0.6 is 28.5 Å². The van der Waals surface area contributed by atoms with Crippen molar-refractivity contribution < 1.29 is 23.4 Å². The number of nitro benzene ring substituents is 2. The first-order valence-corrected chi connectivity index (χ1v) is 14.8. The van der Waals surface area contributed by atoms with Crippen LogP contribution in [0.25, 0.3) is 21.9 Å². The lowest BCUT2D eigenvalue weighted by Gasteiger charge is -2.19. The first kappa shape index (κ1) is 25.1. The van der Waals surface area contributed by atoms with Crippen LogP contribution in [-0.4, -0.2) is 21.4 Å². The van der Waals surface area contributed by atoms with E-state index in [4.69, 9.17) is 8.94 Å². The van der Waals surface area contributed by atoms with Crippen LogP contribution in [0, 0.1) is 34.1 Å². The normalized spacial score (nSPS) is 13.2. The summed E-state index contributed by atoms with van der Waals surface area (Å²) < 4.78 is 25.1. The van der Waals surface area contributed by atoms with E-state index in [1.807, 2.05) is 13.8 Å². The molecule has 0 saturated carbocycles. The molecule has 176 valence electrons. The summed E-state index contributed by atoms with van der Waals surface area (Å²) in [5.41, 5.74) is -1.68. The zero-order valence-electron chi connectivity index (χ0n) is 18.3. The van der Waals surface area contributed by atoms with Gasteiger partial charge in [-0.3, -0.25) is 29.6 Å². The van der Waals surface area contributed by atoms with Crippen molar-refractivity contribution in [2.24, 2.45) is 0 Å². The van der Waals surface area contributed by atoms with Crippen molar-refractivity contribution in [2.75, 3.05) is 11.5 Å². The van der Waals surface area contributed by atoms with Crippen LogP contribution in [0.4, 0.5) is 11.4 Å². The van der Waals surface area contributed by atoms with Crippen LogP contribution in [0.5, 0.6) is 5.75 Å². The summed E-state index contributed by atoms with van der Waals surface area (Å²) in [5, 5.41) is 22.6. The SMILES string of the molecule is CCCSP(=O)(Oc1cc(C)c2c(=O)c3c([N+](=O)[O-])ccc([N+](=O)[O-])c3oc2c1C)SCC. The second kappa shape index (κ2) is 9.74. The number of hydrogen-bond donors (Lipinski definition) is 0. The van der Waals surface area contributed by atoms with E-state index in [0.717, 1.165) is 18.6 Å². The van der Waals surface area contributed by atoms with Gasteiger partial charge in [-0.15, -0.1) is 0 Å². The monoisotopic (exact) mass is 512 g/mol. The molecule has 2 aromatic carbocycles. The molecule has 0 radical (unpaired) electrons. The minimum atomic E-state index is -3.17. The number of rotatable bonds is 9. The van der Waals surface area contributed by atoms with Gasteiger partial charge in [0.2, 0.25) is 11.0 Å². The van der Waals surface area contributed by atoms with Gasteiger partial charge < -0.3 is 8.94 Å². The van der Waals surface area contributed by atoms with Crippen LogP contribution < -0.4 is 9.95 Å². The molecule has 3 aromatic rings. The second-order valence-corrected chi connectivity index (χ2v) is 14.8. The van der Waals surface area contributed by atoms with Gasteiger partial charge in [-0.25, -0.2) is 0 Å². The molecule has 0 bridgehead atoms. The fourth-order valence-corrected chi connectivity index (χ4v) is 10.2. The van der Waals surface area contributed by atoms with Crippen molar-refractivity contribution in [3.05, 3.63) is 59.8 Å². The fourth-order valence-electron chi connectivity index (χ4n) is 3.34. The molecule has 0 N–H and O–H groups in total. The van der Waals surface area contributed by atoms with Crippen molar-refractivity contribution in [2.45, 2.75) is 34.1 Å². The van der Waals surface area contributed by atoms with E-state index in [9.17, 15) is 29.6 Å². The summed E-state index contributed by atoms with van der Waals surface area (Å²) in [7, 11) is 0.